The van der Waals surface area contributed by atoms with E-state index in [0.29, 0.717) is 17.5 Å². The second-order valence-corrected chi connectivity index (χ2v) is 25.4. The first-order valence-corrected chi connectivity index (χ1v) is 27.9. The molecule has 1 aliphatic rings. The molecule has 3 aromatic heterocycles. The van der Waals surface area contributed by atoms with Crippen LogP contribution in [0.1, 0.15) is 105 Å². The molecule has 0 radical (unpaired) electrons. The molecule has 0 fully saturated rings. The van der Waals surface area contributed by atoms with Gasteiger partial charge in [-0.05, 0) is 96.3 Å². The number of aromatic nitrogens is 5. The zero-order chi connectivity index (χ0) is 55.9. The van der Waals surface area contributed by atoms with Crippen LogP contribution in [0.4, 0.5) is 22.7 Å². The van der Waals surface area contributed by atoms with Crippen molar-refractivity contribution in [3.8, 4) is 62.2 Å². The first-order valence-electron chi connectivity index (χ1n) is 27.9. The van der Waals surface area contributed by atoms with Crippen molar-refractivity contribution in [3.05, 3.63) is 229 Å². The van der Waals surface area contributed by atoms with E-state index in [-0.39, 0.29) is 42.7 Å². The SMILES string of the molecule is CC(C)(C)c1ccnc(-n2c3[c-]c(-c4nc(-c5[c-]c(N6[CH-]N(c7c(-c8ccccc8)cccc7-c7ccccc7)c7ccccc76)ccc5)nc(-c5c(C(C)(C)C)cc(C(C)(C)C)cc5C(C)(C)C)n4)ccc3c3ccccc32)c1.[Pt]. The average molecular weight is 1240 g/mol. The Labute approximate surface area is 493 Å². The molecular weight excluding hydrogens is 1170 g/mol. The van der Waals surface area contributed by atoms with Crippen molar-refractivity contribution in [2.45, 2.75) is 105 Å². The molecule has 7 nitrogen and oxygen atoms in total. The number of fused-ring (bicyclic) bond motifs is 4. The maximum Gasteiger partial charge on any atom is 0.144 e. The second-order valence-electron chi connectivity index (χ2n) is 25.4. The van der Waals surface area contributed by atoms with Crippen LogP contribution in [0.25, 0.3) is 84.0 Å². The fraction of sp³-hybridized carbons (Fsp3) is 0.219. The monoisotopic (exact) mass is 1240 g/mol. The van der Waals surface area contributed by atoms with Gasteiger partial charge in [-0.3, -0.25) is 9.97 Å². The summed E-state index contributed by atoms with van der Waals surface area (Å²) in [6.45, 7) is 29.6. The molecule has 0 bridgehead atoms. The standard InChI is InChI=1S/C73H68N7.Pt/c1-70(2,3)51-39-40-74-64(45-51)80-60-34-20-19-31-56(60)57-38-37-50(42-63(57)80)68-75-67(76-69(77-68)65-58(72(7,8)9)43-52(71(4,5)6)44-59(65)73(10,11)12)49-29-23-30-53(41-49)78-46-79(62-36-22-21-35-61(62)78)66-54(47-25-15-13-16-26-47)32-24-33-55(66)48-27-17-14-18-28-48;/h13-40,43-46H,1-12H3;/q-3;. The van der Waals surface area contributed by atoms with Crippen LogP contribution >= 0.6 is 0 Å². The van der Waals surface area contributed by atoms with Gasteiger partial charge < -0.3 is 19.4 Å². The Morgan fingerprint density at radius 2 is 0.963 bits per heavy atom. The topological polar surface area (TPSA) is 63.0 Å². The number of hydrogen-bond donors (Lipinski definition) is 0. The zero-order valence-corrected chi connectivity index (χ0v) is 50.7. The van der Waals surface area contributed by atoms with Crippen molar-refractivity contribution in [3.63, 3.8) is 0 Å². The van der Waals surface area contributed by atoms with E-state index in [4.69, 9.17) is 19.9 Å². The average Bonchev–Trinajstić information content (AvgIpc) is 3.59. The summed E-state index contributed by atoms with van der Waals surface area (Å²) in [6.07, 6.45) is 1.92. The summed E-state index contributed by atoms with van der Waals surface area (Å²) in [6, 6.07) is 72.5. The molecule has 0 saturated heterocycles. The van der Waals surface area contributed by atoms with E-state index in [1.54, 1.807) is 0 Å². The number of rotatable bonds is 8. The van der Waals surface area contributed by atoms with Crippen LogP contribution in [0.15, 0.2) is 188 Å². The zero-order valence-electron chi connectivity index (χ0n) is 48.4. The molecular formula is C73H68N7Pt-3. The number of benzene rings is 8. The van der Waals surface area contributed by atoms with E-state index in [0.717, 1.165) is 89.3 Å². The quantitative estimate of drug-likeness (QED) is 0.141. The van der Waals surface area contributed by atoms with E-state index >= 15 is 0 Å². The number of para-hydroxylation sites is 4. The van der Waals surface area contributed by atoms with Crippen molar-refractivity contribution < 1.29 is 21.1 Å². The molecule has 11 aromatic rings. The second kappa shape index (κ2) is 20.8. The number of nitrogens with zero attached hydrogens (tertiary/aromatic N) is 7. The molecule has 8 aromatic carbocycles. The normalized spacial score (nSPS) is 13.0. The summed E-state index contributed by atoms with van der Waals surface area (Å²) in [7, 11) is 0. The minimum Gasteiger partial charge on any atom is -0.488 e. The first kappa shape index (κ1) is 54.9. The Kier molecular flexibility index (Phi) is 14.1. The van der Waals surface area contributed by atoms with Gasteiger partial charge >= 0.3 is 0 Å². The third-order valence-corrected chi connectivity index (χ3v) is 15.5. The van der Waals surface area contributed by atoms with Crippen molar-refractivity contribution in [2.75, 3.05) is 9.80 Å². The summed E-state index contributed by atoms with van der Waals surface area (Å²) in [5.74, 6) is 2.49. The Morgan fingerprint density at radius 1 is 0.432 bits per heavy atom. The van der Waals surface area contributed by atoms with Gasteiger partial charge in [0.1, 0.15) is 11.6 Å². The Hall–Kier alpha value is -7.99. The molecule has 0 N–H and O–H groups in total. The fourth-order valence-corrected chi connectivity index (χ4v) is 11.2. The van der Waals surface area contributed by atoms with Gasteiger partial charge in [0.25, 0.3) is 0 Å². The molecule has 0 aliphatic carbocycles. The van der Waals surface area contributed by atoms with E-state index in [1.165, 1.54) is 22.3 Å². The van der Waals surface area contributed by atoms with Crippen LogP contribution in [0, 0.1) is 18.8 Å². The van der Waals surface area contributed by atoms with Crippen molar-refractivity contribution in [1.82, 2.24) is 24.5 Å². The van der Waals surface area contributed by atoms with Gasteiger partial charge in [0.05, 0.1) is 11.6 Å². The molecule has 12 rings (SSSR count). The fourth-order valence-electron chi connectivity index (χ4n) is 11.2. The Morgan fingerprint density at radius 3 is 1.56 bits per heavy atom. The maximum atomic E-state index is 5.58. The Bertz CT molecular complexity index is 4060. The molecule has 1 aliphatic heterocycles. The van der Waals surface area contributed by atoms with Gasteiger partial charge in [0, 0.05) is 66.5 Å². The molecule has 408 valence electrons. The minimum atomic E-state index is -0.263. The van der Waals surface area contributed by atoms with Gasteiger partial charge in [0.15, 0.2) is 0 Å². The van der Waals surface area contributed by atoms with Gasteiger partial charge in [0.2, 0.25) is 0 Å². The van der Waals surface area contributed by atoms with Crippen LogP contribution in [0.2, 0.25) is 0 Å². The summed E-state index contributed by atoms with van der Waals surface area (Å²) >= 11 is 0. The predicted octanol–water partition coefficient (Wildman–Crippen LogP) is 18.9. The van der Waals surface area contributed by atoms with E-state index < -0.39 is 0 Å². The van der Waals surface area contributed by atoms with Gasteiger partial charge in [-0.2, -0.15) is 0 Å². The molecule has 0 unspecified atom stereocenters. The van der Waals surface area contributed by atoms with Crippen LogP contribution in [0.5, 0.6) is 0 Å². The summed E-state index contributed by atoms with van der Waals surface area (Å²) in [5, 5.41) is 2.20. The molecule has 8 heteroatoms. The van der Waals surface area contributed by atoms with Crippen molar-refractivity contribution in [1.29, 1.82) is 0 Å². The van der Waals surface area contributed by atoms with E-state index in [1.807, 2.05) is 6.20 Å². The third kappa shape index (κ3) is 10.3. The van der Waals surface area contributed by atoms with Gasteiger partial charge in [-0.15, -0.1) is 60.3 Å². The molecule has 81 heavy (non-hydrogen) atoms. The predicted molar refractivity (Wildman–Crippen MR) is 333 cm³/mol. The van der Waals surface area contributed by atoms with Crippen LogP contribution in [-0.2, 0) is 42.7 Å². The number of pyridine rings is 1. The smallest absolute Gasteiger partial charge is 0.144 e. The van der Waals surface area contributed by atoms with Gasteiger partial charge in [-0.25, -0.2) is 4.98 Å². The number of hydrogen-bond acceptors (Lipinski definition) is 6. The minimum absolute atomic E-state index is 0. The maximum absolute atomic E-state index is 5.58. The van der Waals surface area contributed by atoms with E-state index in [2.05, 4.69) is 298 Å². The van der Waals surface area contributed by atoms with Crippen LogP contribution in [-0.4, -0.2) is 24.5 Å². The largest absolute Gasteiger partial charge is 0.488 e. The molecule has 0 saturated carbocycles. The molecule has 0 atom stereocenters. The molecule has 0 amide bonds. The first-order chi connectivity index (χ1) is 38.2. The summed E-state index contributed by atoms with van der Waals surface area (Å²) < 4.78 is 2.24. The van der Waals surface area contributed by atoms with Crippen LogP contribution < -0.4 is 9.80 Å². The number of anilines is 4. The van der Waals surface area contributed by atoms with Crippen molar-refractivity contribution >= 4 is 44.6 Å². The Balaban J connectivity index is 0.00000690. The third-order valence-electron chi connectivity index (χ3n) is 15.5. The summed E-state index contributed by atoms with van der Waals surface area (Å²) in [5.41, 5.74) is 17.2. The van der Waals surface area contributed by atoms with Crippen molar-refractivity contribution in [2.24, 2.45) is 0 Å². The summed E-state index contributed by atoms with van der Waals surface area (Å²) in [4.78, 5) is 26.2. The van der Waals surface area contributed by atoms with Crippen LogP contribution in [0.3, 0.4) is 0 Å². The van der Waals surface area contributed by atoms with Gasteiger partial charge in [-0.1, -0.05) is 215 Å². The molecule has 4 heterocycles. The van der Waals surface area contributed by atoms with E-state index in [9.17, 15) is 0 Å². The molecule has 0 spiro atoms.